The number of rotatable bonds is 4. The van der Waals surface area contributed by atoms with Crippen LogP contribution in [0, 0.1) is 11.3 Å². The Kier molecular flexibility index (Phi) is 4.52. The van der Waals surface area contributed by atoms with Gasteiger partial charge in [0, 0.05) is 23.1 Å². The largest absolute Gasteiger partial charge is 0.359 e. The van der Waals surface area contributed by atoms with Crippen molar-refractivity contribution >= 4 is 0 Å². The van der Waals surface area contributed by atoms with Gasteiger partial charge in [-0.3, -0.25) is 5.84 Å². The van der Waals surface area contributed by atoms with E-state index in [1.165, 1.54) is 36.0 Å². The van der Waals surface area contributed by atoms with Crippen LogP contribution in [0.4, 0.5) is 0 Å². The summed E-state index contributed by atoms with van der Waals surface area (Å²) in [6, 6.07) is 0.620. The monoisotopic (exact) mass is 407 g/mol. The summed E-state index contributed by atoms with van der Waals surface area (Å²) >= 11 is 0. The van der Waals surface area contributed by atoms with Crippen molar-refractivity contribution in [1.29, 1.82) is 0 Å². The second-order valence-corrected chi connectivity index (χ2v) is 10.7. The lowest BCUT2D eigenvalue weighted by Crippen LogP contribution is -2.55. The number of allylic oxidation sites excluding steroid dienone is 5. The van der Waals surface area contributed by atoms with Gasteiger partial charge < -0.3 is 15.1 Å². The Morgan fingerprint density at radius 2 is 2.13 bits per heavy atom. The van der Waals surface area contributed by atoms with Crippen molar-refractivity contribution in [2.75, 3.05) is 14.1 Å². The van der Waals surface area contributed by atoms with E-state index in [2.05, 4.69) is 69.2 Å². The number of fused-ring (bicyclic) bond motifs is 1. The van der Waals surface area contributed by atoms with Crippen LogP contribution < -0.4 is 11.3 Å². The highest BCUT2D eigenvalue weighted by Crippen LogP contribution is 2.67. The lowest BCUT2D eigenvalue weighted by Gasteiger charge is -2.54. The topological polar surface area (TPSA) is 50.5 Å². The third kappa shape index (κ3) is 2.63. The van der Waals surface area contributed by atoms with Crippen LogP contribution >= 0.6 is 0 Å². The van der Waals surface area contributed by atoms with Crippen molar-refractivity contribution in [3.63, 3.8) is 0 Å². The number of nitrogens with zero attached hydrogens (tertiary/aromatic N) is 1. The van der Waals surface area contributed by atoms with Gasteiger partial charge in [0.2, 0.25) is 0 Å². The van der Waals surface area contributed by atoms with Gasteiger partial charge in [-0.1, -0.05) is 31.7 Å². The van der Waals surface area contributed by atoms with Gasteiger partial charge in [0.05, 0.1) is 11.2 Å². The summed E-state index contributed by atoms with van der Waals surface area (Å²) in [6.07, 6.45) is 17.7. The van der Waals surface area contributed by atoms with Crippen LogP contribution in [0.25, 0.3) is 0 Å². The van der Waals surface area contributed by atoms with Gasteiger partial charge in [0.15, 0.2) is 0 Å². The molecular formula is C26H37N3O. The summed E-state index contributed by atoms with van der Waals surface area (Å²) in [4.78, 5) is 2.40. The highest BCUT2D eigenvalue weighted by atomic mass is 16.5. The van der Waals surface area contributed by atoms with E-state index in [4.69, 9.17) is 10.6 Å². The first-order valence-electron chi connectivity index (χ1n) is 11.6. The molecule has 0 radical (unpaired) electrons. The van der Waals surface area contributed by atoms with Crippen LogP contribution in [0.5, 0.6) is 0 Å². The number of ether oxygens (including phenoxy) is 1. The summed E-state index contributed by atoms with van der Waals surface area (Å²) in [5.74, 6) is 6.06. The Morgan fingerprint density at radius 1 is 1.33 bits per heavy atom. The van der Waals surface area contributed by atoms with Crippen LogP contribution in [-0.2, 0) is 4.74 Å². The van der Waals surface area contributed by atoms with E-state index in [1.807, 2.05) is 0 Å². The van der Waals surface area contributed by atoms with Gasteiger partial charge in [-0.15, -0.1) is 0 Å². The molecule has 1 saturated carbocycles. The number of nitrogens with two attached hydrogens (primary N) is 1. The molecule has 0 aromatic heterocycles. The molecule has 2 bridgehead atoms. The van der Waals surface area contributed by atoms with Crippen LogP contribution in [0.2, 0.25) is 0 Å². The minimum atomic E-state index is -0.119. The molecule has 0 aromatic carbocycles. The Labute approximate surface area is 181 Å². The Bertz CT molecular complexity index is 909. The molecule has 0 amide bonds. The molecule has 3 aliphatic carbocycles. The number of hydrogen-bond donors (Lipinski definition) is 2. The normalized spacial score (nSPS) is 42.1. The van der Waals surface area contributed by atoms with E-state index in [9.17, 15) is 0 Å². The number of hydrogen-bond acceptors (Lipinski definition) is 4. The molecule has 4 heteroatoms. The molecule has 2 aliphatic heterocycles. The van der Waals surface area contributed by atoms with Gasteiger partial charge in [0.1, 0.15) is 0 Å². The first-order chi connectivity index (χ1) is 14.2. The zero-order valence-electron chi connectivity index (χ0n) is 19.1. The van der Waals surface area contributed by atoms with E-state index in [-0.39, 0.29) is 16.6 Å². The average Bonchev–Trinajstić information content (AvgIpc) is 3.22. The second-order valence-electron chi connectivity index (χ2n) is 10.7. The smallest absolute Gasteiger partial charge is 0.0980 e. The van der Waals surface area contributed by atoms with E-state index >= 15 is 0 Å². The molecule has 30 heavy (non-hydrogen) atoms. The average molecular weight is 408 g/mol. The summed E-state index contributed by atoms with van der Waals surface area (Å²) in [7, 11) is 4.44. The first-order valence-corrected chi connectivity index (χ1v) is 11.6. The minimum Gasteiger partial charge on any atom is -0.359 e. The molecule has 0 aromatic rings. The van der Waals surface area contributed by atoms with Gasteiger partial charge in [0.25, 0.3) is 0 Å². The maximum Gasteiger partial charge on any atom is 0.0980 e. The Morgan fingerprint density at radius 3 is 2.87 bits per heavy atom. The summed E-state index contributed by atoms with van der Waals surface area (Å²) in [5, 5.41) is 0. The zero-order chi connectivity index (χ0) is 21.3. The van der Waals surface area contributed by atoms with Crippen molar-refractivity contribution in [2.24, 2.45) is 17.2 Å². The van der Waals surface area contributed by atoms with E-state index < -0.39 is 0 Å². The zero-order valence-corrected chi connectivity index (χ0v) is 19.1. The van der Waals surface area contributed by atoms with Crippen LogP contribution in [0.1, 0.15) is 58.8 Å². The molecule has 5 rings (SSSR count). The molecule has 5 atom stereocenters. The van der Waals surface area contributed by atoms with Gasteiger partial charge >= 0.3 is 0 Å². The van der Waals surface area contributed by atoms with Crippen LogP contribution in [0.15, 0.2) is 58.9 Å². The SMILES string of the molecule is C=C(/C=C(\C)C1=CC[C@@H]2C1(C)CC=C1C=C3CCC(N(C)C)C[C@]34CC[C@@]12O4)NN. The minimum absolute atomic E-state index is 0.0336. The van der Waals surface area contributed by atoms with Crippen LogP contribution in [0.3, 0.4) is 0 Å². The quantitative estimate of drug-likeness (QED) is 0.408. The third-order valence-corrected chi connectivity index (χ3v) is 8.98. The number of nitrogens with one attached hydrogen (secondary N) is 1. The molecular weight excluding hydrogens is 370 g/mol. The predicted molar refractivity (Wildman–Crippen MR) is 122 cm³/mol. The fourth-order valence-electron chi connectivity index (χ4n) is 7.40. The van der Waals surface area contributed by atoms with E-state index in [0.29, 0.717) is 12.0 Å². The van der Waals surface area contributed by atoms with Gasteiger partial charge in [-0.2, -0.15) is 0 Å². The fraction of sp³-hybridized carbons (Fsp3) is 0.615. The van der Waals surface area contributed by atoms with Crippen molar-refractivity contribution in [3.8, 4) is 0 Å². The molecule has 2 spiro atoms. The van der Waals surface area contributed by atoms with E-state index in [1.54, 1.807) is 5.57 Å². The van der Waals surface area contributed by atoms with Crippen LogP contribution in [-0.4, -0.2) is 36.2 Å². The third-order valence-electron chi connectivity index (χ3n) is 8.98. The summed E-state index contributed by atoms with van der Waals surface area (Å²) < 4.78 is 7.30. The standard InChI is InChI=1S/C26H37N3O/c1-17(14-18(2)28-27)22-8-9-23-24(22,3)11-10-20-15-19-6-7-21(29(4)5)16-25(19)12-13-26(20,23)30-25/h8,10,14-15,21,23,28H,2,6-7,9,11-13,16,27H2,1,3-5H3/b17-14+/t21?,23-,24?,25-,26-/m1/s1. The summed E-state index contributed by atoms with van der Waals surface area (Å²) in [5.41, 5.74) is 9.13. The molecule has 2 fully saturated rings. The maximum atomic E-state index is 7.30. The molecule has 5 aliphatic rings. The molecule has 4 nitrogen and oxygen atoms in total. The fourth-order valence-corrected chi connectivity index (χ4v) is 7.40. The van der Waals surface area contributed by atoms with Crippen molar-refractivity contribution in [2.45, 2.75) is 76.0 Å². The molecule has 3 N–H and O–H groups in total. The Hall–Kier alpha value is -1.62. The summed E-state index contributed by atoms with van der Waals surface area (Å²) in [6.45, 7) is 8.63. The number of hydrazine groups is 1. The van der Waals surface area contributed by atoms with E-state index in [0.717, 1.165) is 31.4 Å². The lowest BCUT2D eigenvalue weighted by molar-refractivity contribution is -0.135. The highest BCUT2D eigenvalue weighted by Gasteiger charge is 2.65. The predicted octanol–water partition coefficient (Wildman–Crippen LogP) is 4.53. The highest BCUT2D eigenvalue weighted by molar-refractivity contribution is 5.52. The maximum absolute atomic E-state index is 7.30. The molecule has 2 heterocycles. The lowest BCUT2D eigenvalue weighted by atomic mass is 9.58. The molecule has 1 saturated heterocycles. The second kappa shape index (κ2) is 6.69. The van der Waals surface area contributed by atoms with Crippen molar-refractivity contribution in [3.05, 3.63) is 58.9 Å². The van der Waals surface area contributed by atoms with Crippen molar-refractivity contribution < 1.29 is 4.74 Å². The van der Waals surface area contributed by atoms with Gasteiger partial charge in [-0.25, -0.2) is 0 Å². The first kappa shape index (κ1) is 20.3. The molecule has 162 valence electrons. The molecule has 2 unspecified atom stereocenters. The van der Waals surface area contributed by atoms with Crippen molar-refractivity contribution in [1.82, 2.24) is 10.3 Å². The Balaban J connectivity index is 1.51. The van der Waals surface area contributed by atoms with Gasteiger partial charge in [-0.05, 0) is 94.3 Å².